The molecule has 0 spiro atoms. The minimum absolute atomic E-state index is 0.141. The van der Waals surface area contributed by atoms with E-state index >= 15 is 0 Å². The van der Waals surface area contributed by atoms with E-state index < -0.39 is 5.97 Å². The van der Waals surface area contributed by atoms with Crippen molar-refractivity contribution < 1.29 is 9.90 Å². The van der Waals surface area contributed by atoms with Crippen LogP contribution in [0.2, 0.25) is 0 Å². The van der Waals surface area contributed by atoms with E-state index in [9.17, 15) is 4.79 Å². The van der Waals surface area contributed by atoms with Crippen LogP contribution in [0.15, 0.2) is 0 Å². The number of nitrogens with two attached hydrogens (primary N) is 1. The third-order valence-electron chi connectivity index (χ3n) is 3.01. The summed E-state index contributed by atoms with van der Waals surface area (Å²) in [4.78, 5) is 12.9. The van der Waals surface area contributed by atoms with E-state index in [0.717, 1.165) is 25.9 Å². The first-order valence-corrected chi connectivity index (χ1v) is 4.68. The Kier molecular flexibility index (Phi) is 3.27. The Balaban J connectivity index is 2.55. The Morgan fingerprint density at radius 2 is 2.08 bits per heavy atom. The lowest BCUT2D eigenvalue weighted by Crippen LogP contribution is -2.43. The molecule has 0 saturated carbocycles. The van der Waals surface area contributed by atoms with Crippen molar-refractivity contribution in [3.63, 3.8) is 0 Å². The molecule has 0 amide bonds. The SMILES string of the molecule is CN1CCC(CN)(CC(=O)O)CC1. The summed E-state index contributed by atoms with van der Waals surface area (Å²) < 4.78 is 0. The van der Waals surface area contributed by atoms with Gasteiger partial charge in [-0.05, 0) is 44.9 Å². The number of aliphatic carboxylic acids is 1. The lowest BCUT2D eigenvalue weighted by atomic mass is 9.76. The molecule has 0 aromatic rings. The summed E-state index contributed by atoms with van der Waals surface area (Å²) in [5.41, 5.74) is 5.51. The van der Waals surface area contributed by atoms with Gasteiger partial charge in [-0.3, -0.25) is 4.79 Å². The molecule has 1 saturated heterocycles. The zero-order chi connectivity index (χ0) is 9.90. The minimum Gasteiger partial charge on any atom is -0.481 e. The van der Waals surface area contributed by atoms with Crippen molar-refractivity contribution in [1.82, 2.24) is 4.90 Å². The third-order valence-corrected chi connectivity index (χ3v) is 3.01. The van der Waals surface area contributed by atoms with Crippen LogP contribution in [0.1, 0.15) is 19.3 Å². The number of carboxylic acid groups (broad SMARTS) is 1. The molecule has 13 heavy (non-hydrogen) atoms. The molecule has 1 aliphatic rings. The van der Waals surface area contributed by atoms with E-state index in [2.05, 4.69) is 11.9 Å². The van der Waals surface area contributed by atoms with Crippen LogP contribution >= 0.6 is 0 Å². The number of carbonyl (C=O) groups is 1. The molecule has 0 aromatic carbocycles. The molecule has 76 valence electrons. The van der Waals surface area contributed by atoms with E-state index in [-0.39, 0.29) is 11.8 Å². The van der Waals surface area contributed by atoms with Crippen LogP contribution in [0.25, 0.3) is 0 Å². The number of rotatable bonds is 3. The summed E-state index contributed by atoms with van der Waals surface area (Å²) in [6.45, 7) is 2.42. The van der Waals surface area contributed by atoms with Crippen molar-refractivity contribution in [3.8, 4) is 0 Å². The van der Waals surface area contributed by atoms with Crippen LogP contribution < -0.4 is 5.73 Å². The molecule has 4 heteroatoms. The second-order valence-electron chi connectivity index (χ2n) is 4.08. The second-order valence-corrected chi connectivity index (χ2v) is 4.08. The van der Waals surface area contributed by atoms with Gasteiger partial charge in [0.25, 0.3) is 0 Å². The van der Waals surface area contributed by atoms with Gasteiger partial charge in [0, 0.05) is 0 Å². The fourth-order valence-electron chi connectivity index (χ4n) is 1.87. The first-order valence-electron chi connectivity index (χ1n) is 4.68. The number of carboxylic acids is 1. The molecule has 0 aliphatic carbocycles. The summed E-state index contributed by atoms with van der Waals surface area (Å²) in [6.07, 6.45) is 2.04. The number of hydrogen-bond donors (Lipinski definition) is 2. The number of likely N-dealkylation sites (tertiary alicyclic amines) is 1. The molecule has 0 unspecified atom stereocenters. The maximum absolute atomic E-state index is 10.6. The summed E-state index contributed by atoms with van der Waals surface area (Å²) in [5, 5.41) is 8.76. The van der Waals surface area contributed by atoms with Crippen molar-refractivity contribution in [1.29, 1.82) is 0 Å². The molecule has 0 radical (unpaired) electrons. The summed E-state index contributed by atoms with van der Waals surface area (Å²) in [7, 11) is 2.06. The molecular weight excluding hydrogens is 168 g/mol. The average molecular weight is 186 g/mol. The highest BCUT2D eigenvalue weighted by atomic mass is 16.4. The highest BCUT2D eigenvalue weighted by Crippen LogP contribution is 2.33. The van der Waals surface area contributed by atoms with Crippen molar-refractivity contribution in [2.45, 2.75) is 19.3 Å². The number of nitrogens with zero attached hydrogens (tertiary/aromatic N) is 1. The first kappa shape index (κ1) is 10.5. The van der Waals surface area contributed by atoms with Crippen LogP contribution in [0, 0.1) is 5.41 Å². The zero-order valence-electron chi connectivity index (χ0n) is 8.12. The third kappa shape index (κ3) is 2.67. The lowest BCUT2D eigenvalue weighted by molar-refractivity contribution is -0.140. The first-order chi connectivity index (χ1) is 6.08. The van der Waals surface area contributed by atoms with Gasteiger partial charge < -0.3 is 15.7 Å². The zero-order valence-corrected chi connectivity index (χ0v) is 8.12. The Morgan fingerprint density at radius 3 is 2.46 bits per heavy atom. The van der Waals surface area contributed by atoms with Crippen LogP contribution in [0.5, 0.6) is 0 Å². The van der Waals surface area contributed by atoms with E-state index in [1.807, 2.05) is 0 Å². The highest BCUT2D eigenvalue weighted by molar-refractivity contribution is 5.67. The highest BCUT2D eigenvalue weighted by Gasteiger charge is 2.34. The Bertz CT molecular complexity index is 186. The van der Waals surface area contributed by atoms with Gasteiger partial charge in [0.05, 0.1) is 6.42 Å². The fraction of sp³-hybridized carbons (Fsp3) is 0.889. The van der Waals surface area contributed by atoms with Gasteiger partial charge in [-0.2, -0.15) is 0 Å². The van der Waals surface area contributed by atoms with Gasteiger partial charge in [-0.25, -0.2) is 0 Å². The topological polar surface area (TPSA) is 66.6 Å². The normalized spacial score (nSPS) is 22.9. The Labute approximate surface area is 78.7 Å². The van der Waals surface area contributed by atoms with E-state index in [1.165, 1.54) is 0 Å². The minimum atomic E-state index is -0.727. The molecule has 0 atom stereocenters. The van der Waals surface area contributed by atoms with E-state index in [4.69, 9.17) is 10.8 Å². The van der Waals surface area contributed by atoms with Gasteiger partial charge in [0.15, 0.2) is 0 Å². The predicted octanol–water partition coefficient (Wildman–Crippen LogP) is 0.132. The van der Waals surface area contributed by atoms with E-state index in [1.54, 1.807) is 0 Å². The van der Waals surface area contributed by atoms with Gasteiger partial charge in [0.1, 0.15) is 0 Å². The van der Waals surface area contributed by atoms with Gasteiger partial charge in [-0.15, -0.1) is 0 Å². The van der Waals surface area contributed by atoms with Crippen LogP contribution in [0.3, 0.4) is 0 Å². The van der Waals surface area contributed by atoms with Crippen molar-refractivity contribution in [2.75, 3.05) is 26.7 Å². The molecular formula is C9H18N2O2. The van der Waals surface area contributed by atoms with Crippen LogP contribution in [0.4, 0.5) is 0 Å². The van der Waals surface area contributed by atoms with Crippen molar-refractivity contribution in [3.05, 3.63) is 0 Å². The number of piperidine rings is 1. The lowest BCUT2D eigenvalue weighted by Gasteiger charge is -2.38. The molecule has 1 fully saturated rings. The maximum Gasteiger partial charge on any atom is 0.303 e. The molecule has 1 aliphatic heterocycles. The molecule has 0 bridgehead atoms. The quantitative estimate of drug-likeness (QED) is 0.657. The summed E-state index contributed by atoms with van der Waals surface area (Å²) in [5.74, 6) is -0.727. The maximum atomic E-state index is 10.6. The standard InChI is InChI=1S/C9H18N2O2/c1-11-4-2-9(7-10,3-5-11)6-8(12)13/h2-7,10H2,1H3,(H,12,13). The van der Waals surface area contributed by atoms with Crippen LogP contribution in [-0.2, 0) is 4.79 Å². The van der Waals surface area contributed by atoms with Crippen molar-refractivity contribution >= 4 is 5.97 Å². The van der Waals surface area contributed by atoms with Gasteiger partial charge >= 0.3 is 5.97 Å². The Hall–Kier alpha value is -0.610. The summed E-state index contributed by atoms with van der Waals surface area (Å²) >= 11 is 0. The number of hydrogen-bond acceptors (Lipinski definition) is 3. The van der Waals surface area contributed by atoms with Gasteiger partial charge in [0.2, 0.25) is 0 Å². The molecule has 0 aromatic heterocycles. The molecule has 1 rings (SSSR count). The average Bonchev–Trinajstić information content (AvgIpc) is 2.09. The monoisotopic (exact) mass is 186 g/mol. The van der Waals surface area contributed by atoms with Gasteiger partial charge in [-0.1, -0.05) is 0 Å². The fourth-order valence-corrected chi connectivity index (χ4v) is 1.87. The summed E-state index contributed by atoms with van der Waals surface area (Å²) in [6, 6.07) is 0. The van der Waals surface area contributed by atoms with Crippen molar-refractivity contribution in [2.24, 2.45) is 11.1 Å². The molecule has 3 N–H and O–H groups in total. The predicted molar refractivity (Wildman–Crippen MR) is 50.5 cm³/mol. The van der Waals surface area contributed by atoms with E-state index in [0.29, 0.717) is 6.54 Å². The smallest absolute Gasteiger partial charge is 0.303 e. The van der Waals surface area contributed by atoms with Crippen LogP contribution in [-0.4, -0.2) is 42.7 Å². The second kappa shape index (κ2) is 4.07. The largest absolute Gasteiger partial charge is 0.481 e. The Morgan fingerprint density at radius 1 is 1.54 bits per heavy atom. The molecule has 1 heterocycles. The molecule has 4 nitrogen and oxygen atoms in total.